The van der Waals surface area contributed by atoms with Crippen molar-refractivity contribution in [2.45, 2.75) is 58.5 Å². The number of rotatable bonds is 4. The zero-order valence-corrected chi connectivity index (χ0v) is 15.2. The third kappa shape index (κ3) is 3.76. The fourth-order valence-electron chi connectivity index (χ4n) is 3.73. The van der Waals surface area contributed by atoms with Crippen LogP contribution < -0.4 is 5.63 Å². The summed E-state index contributed by atoms with van der Waals surface area (Å²) in [6.07, 6.45) is 6.29. The molecule has 1 saturated carbocycles. The van der Waals surface area contributed by atoms with Crippen LogP contribution in [-0.2, 0) is 6.54 Å². The highest BCUT2D eigenvalue weighted by atomic mass is 35.5. The Kier molecular flexibility index (Phi) is 6.30. The standard InChI is InChI=1S/C19H25NO3.ClH/c1-3-20(14-7-5-4-6-8-14)12-16-17(21)10-9-15-13(2)11-18(22)23-19(15)16;/h9-11,14,21H,3-8,12H2,1-2H3;1H. The number of aromatic hydroxyl groups is 1. The Morgan fingerprint density at radius 1 is 1.25 bits per heavy atom. The largest absolute Gasteiger partial charge is 0.507 e. The molecule has 0 radical (unpaired) electrons. The maximum Gasteiger partial charge on any atom is 0.336 e. The number of phenols is 1. The molecule has 4 nitrogen and oxygen atoms in total. The first kappa shape index (κ1) is 18.8. The first-order valence-corrected chi connectivity index (χ1v) is 8.59. The number of nitrogens with zero attached hydrogens (tertiary/aromatic N) is 1. The summed E-state index contributed by atoms with van der Waals surface area (Å²) in [5.41, 5.74) is 1.79. The van der Waals surface area contributed by atoms with Crippen molar-refractivity contribution in [1.29, 1.82) is 0 Å². The van der Waals surface area contributed by atoms with Crippen LogP contribution in [0.1, 0.15) is 50.2 Å². The summed E-state index contributed by atoms with van der Waals surface area (Å²) in [5, 5.41) is 11.2. The van der Waals surface area contributed by atoms with Gasteiger partial charge in [-0.25, -0.2) is 4.79 Å². The number of hydrogen-bond donors (Lipinski definition) is 1. The Bertz CT molecular complexity index is 750. The van der Waals surface area contributed by atoms with E-state index in [0.717, 1.165) is 23.1 Å². The van der Waals surface area contributed by atoms with Gasteiger partial charge in [0.15, 0.2) is 0 Å². The highest BCUT2D eigenvalue weighted by Gasteiger charge is 2.22. The minimum atomic E-state index is -0.359. The monoisotopic (exact) mass is 351 g/mol. The van der Waals surface area contributed by atoms with Gasteiger partial charge in [0, 0.05) is 24.0 Å². The van der Waals surface area contributed by atoms with E-state index in [2.05, 4.69) is 11.8 Å². The second kappa shape index (κ2) is 8.04. The molecule has 1 aliphatic rings. The number of benzene rings is 1. The van der Waals surface area contributed by atoms with Gasteiger partial charge >= 0.3 is 5.63 Å². The van der Waals surface area contributed by atoms with Gasteiger partial charge in [0.2, 0.25) is 0 Å². The van der Waals surface area contributed by atoms with Gasteiger partial charge in [0.25, 0.3) is 0 Å². The van der Waals surface area contributed by atoms with Crippen molar-refractivity contribution in [1.82, 2.24) is 4.90 Å². The molecule has 0 bridgehead atoms. The molecule has 5 heteroatoms. The van der Waals surface area contributed by atoms with Gasteiger partial charge in [-0.05, 0) is 44.0 Å². The molecule has 0 atom stereocenters. The van der Waals surface area contributed by atoms with Crippen LogP contribution in [0.15, 0.2) is 27.4 Å². The summed E-state index contributed by atoms with van der Waals surface area (Å²) in [7, 11) is 0. The van der Waals surface area contributed by atoms with Crippen molar-refractivity contribution in [3.63, 3.8) is 0 Å². The van der Waals surface area contributed by atoms with E-state index in [1.807, 2.05) is 13.0 Å². The summed E-state index contributed by atoms with van der Waals surface area (Å²) in [6.45, 7) is 5.60. The average molecular weight is 352 g/mol. The zero-order chi connectivity index (χ0) is 16.4. The highest BCUT2D eigenvalue weighted by molar-refractivity contribution is 5.85. The van der Waals surface area contributed by atoms with E-state index >= 15 is 0 Å². The molecule has 0 unspecified atom stereocenters. The minimum Gasteiger partial charge on any atom is -0.507 e. The Morgan fingerprint density at radius 2 is 1.96 bits per heavy atom. The molecule has 1 aromatic heterocycles. The van der Waals surface area contributed by atoms with Crippen molar-refractivity contribution < 1.29 is 9.52 Å². The normalized spacial score (nSPS) is 15.6. The molecule has 1 aromatic carbocycles. The predicted molar refractivity (Wildman–Crippen MR) is 99.1 cm³/mol. The van der Waals surface area contributed by atoms with Crippen LogP contribution in [0.3, 0.4) is 0 Å². The third-order valence-electron chi connectivity index (χ3n) is 5.06. The Morgan fingerprint density at radius 3 is 2.62 bits per heavy atom. The van der Waals surface area contributed by atoms with Crippen molar-refractivity contribution in [2.24, 2.45) is 0 Å². The van der Waals surface area contributed by atoms with E-state index in [4.69, 9.17) is 4.42 Å². The number of fused-ring (bicyclic) bond motifs is 1. The van der Waals surface area contributed by atoms with Crippen LogP contribution in [0.4, 0.5) is 0 Å². The van der Waals surface area contributed by atoms with Crippen LogP contribution in [-0.4, -0.2) is 22.6 Å². The van der Waals surface area contributed by atoms with Crippen molar-refractivity contribution in [3.05, 3.63) is 39.7 Å². The van der Waals surface area contributed by atoms with Gasteiger partial charge < -0.3 is 9.52 Å². The fourth-order valence-corrected chi connectivity index (χ4v) is 3.73. The molecule has 0 aliphatic heterocycles. The second-order valence-electron chi connectivity index (χ2n) is 6.54. The Labute approximate surface area is 148 Å². The van der Waals surface area contributed by atoms with Crippen LogP contribution in [0.5, 0.6) is 5.75 Å². The van der Waals surface area contributed by atoms with Gasteiger partial charge in [-0.15, -0.1) is 12.4 Å². The van der Waals surface area contributed by atoms with E-state index < -0.39 is 0 Å². The van der Waals surface area contributed by atoms with E-state index in [0.29, 0.717) is 18.2 Å². The minimum absolute atomic E-state index is 0. The van der Waals surface area contributed by atoms with Crippen LogP contribution in [0, 0.1) is 6.92 Å². The quantitative estimate of drug-likeness (QED) is 0.830. The molecule has 1 heterocycles. The molecule has 132 valence electrons. The van der Waals surface area contributed by atoms with Crippen LogP contribution in [0.25, 0.3) is 11.0 Å². The van der Waals surface area contributed by atoms with Gasteiger partial charge in [-0.1, -0.05) is 26.2 Å². The van der Waals surface area contributed by atoms with Crippen LogP contribution in [0.2, 0.25) is 0 Å². The van der Waals surface area contributed by atoms with Crippen LogP contribution >= 0.6 is 12.4 Å². The molecule has 1 N–H and O–H groups in total. The Hall–Kier alpha value is -1.52. The van der Waals surface area contributed by atoms with Crippen molar-refractivity contribution in [2.75, 3.05) is 6.54 Å². The third-order valence-corrected chi connectivity index (χ3v) is 5.06. The van der Waals surface area contributed by atoms with Gasteiger partial charge in [0.05, 0.1) is 5.56 Å². The van der Waals surface area contributed by atoms with E-state index in [-0.39, 0.29) is 23.8 Å². The Balaban J connectivity index is 0.00000208. The summed E-state index contributed by atoms with van der Waals surface area (Å²) in [4.78, 5) is 14.2. The molecule has 3 rings (SSSR count). The molecule has 1 fully saturated rings. The lowest BCUT2D eigenvalue weighted by molar-refractivity contribution is 0.154. The summed E-state index contributed by atoms with van der Waals surface area (Å²) >= 11 is 0. The predicted octanol–water partition coefficient (Wildman–Crippen LogP) is 4.38. The van der Waals surface area contributed by atoms with E-state index in [1.54, 1.807) is 6.07 Å². The number of phenolic OH excluding ortho intramolecular Hbond substituents is 1. The molecule has 0 amide bonds. The fraction of sp³-hybridized carbons (Fsp3) is 0.526. The smallest absolute Gasteiger partial charge is 0.336 e. The number of halogens is 1. The topological polar surface area (TPSA) is 53.7 Å². The van der Waals surface area contributed by atoms with Crippen molar-refractivity contribution >= 4 is 23.4 Å². The molecule has 0 saturated heterocycles. The molecule has 2 aromatic rings. The molecular weight excluding hydrogens is 326 g/mol. The maximum atomic E-state index is 11.8. The van der Waals surface area contributed by atoms with E-state index in [1.165, 1.54) is 38.2 Å². The number of hydrogen-bond acceptors (Lipinski definition) is 4. The zero-order valence-electron chi connectivity index (χ0n) is 14.4. The van der Waals surface area contributed by atoms with Crippen molar-refractivity contribution in [3.8, 4) is 5.75 Å². The maximum absolute atomic E-state index is 11.8. The first-order chi connectivity index (χ1) is 11.1. The molecule has 0 spiro atoms. The lowest BCUT2D eigenvalue weighted by Gasteiger charge is -2.33. The number of aryl methyl sites for hydroxylation is 1. The summed E-state index contributed by atoms with van der Waals surface area (Å²) in [5.74, 6) is 0.209. The van der Waals surface area contributed by atoms with Gasteiger partial charge in [-0.3, -0.25) is 4.90 Å². The molecular formula is C19H26ClNO3. The average Bonchev–Trinajstić information content (AvgIpc) is 2.55. The SMILES string of the molecule is CCN(Cc1c(O)ccc2c(C)cc(=O)oc12)C1CCCCC1.Cl. The van der Waals surface area contributed by atoms with Gasteiger partial charge in [0.1, 0.15) is 11.3 Å². The lowest BCUT2D eigenvalue weighted by Crippen LogP contribution is -2.36. The van der Waals surface area contributed by atoms with E-state index in [9.17, 15) is 9.90 Å². The summed E-state index contributed by atoms with van der Waals surface area (Å²) < 4.78 is 5.44. The second-order valence-corrected chi connectivity index (χ2v) is 6.54. The van der Waals surface area contributed by atoms with Gasteiger partial charge in [-0.2, -0.15) is 0 Å². The summed E-state index contributed by atoms with van der Waals surface area (Å²) in [6, 6.07) is 5.59. The molecule has 24 heavy (non-hydrogen) atoms. The molecule has 1 aliphatic carbocycles. The first-order valence-electron chi connectivity index (χ1n) is 8.59. The lowest BCUT2D eigenvalue weighted by atomic mass is 9.93. The highest BCUT2D eigenvalue weighted by Crippen LogP contribution is 2.31.